The number of hydrogen-bond acceptors (Lipinski definition) is 4. The van der Waals surface area contributed by atoms with Gasteiger partial charge in [0, 0.05) is 35.3 Å². The predicted octanol–water partition coefficient (Wildman–Crippen LogP) is 2.93. The van der Waals surface area contributed by atoms with E-state index >= 15 is 0 Å². The molecular formula is C18H19N3O5. The minimum atomic E-state index is -0.987. The molecule has 3 atom stereocenters. The van der Waals surface area contributed by atoms with Crippen LogP contribution in [0.3, 0.4) is 0 Å². The van der Waals surface area contributed by atoms with Crippen LogP contribution in [-0.4, -0.2) is 43.9 Å². The number of aliphatic carboxylic acids is 1. The highest BCUT2D eigenvalue weighted by molar-refractivity contribution is 6.08. The number of fused-ring (bicyclic) bond motifs is 2. The van der Waals surface area contributed by atoms with Crippen molar-refractivity contribution >= 4 is 28.5 Å². The van der Waals surface area contributed by atoms with E-state index in [1.807, 2.05) is 0 Å². The van der Waals surface area contributed by atoms with Crippen molar-refractivity contribution in [1.29, 1.82) is 0 Å². The molecule has 2 N–H and O–H groups in total. The number of nitro benzene ring substituents is 1. The number of nitro groups is 1. The van der Waals surface area contributed by atoms with Crippen LogP contribution in [0.1, 0.15) is 42.5 Å². The van der Waals surface area contributed by atoms with Gasteiger partial charge < -0.3 is 15.0 Å². The number of hydrogen-bond donors (Lipinski definition) is 2. The molecule has 8 nitrogen and oxygen atoms in total. The van der Waals surface area contributed by atoms with E-state index in [1.165, 1.54) is 23.2 Å². The summed E-state index contributed by atoms with van der Waals surface area (Å²) in [6, 6.07) is 3.40. The fourth-order valence-electron chi connectivity index (χ4n) is 4.51. The van der Waals surface area contributed by atoms with Crippen LogP contribution in [0, 0.1) is 16.0 Å². The number of non-ortho nitro benzene ring substituents is 1. The Morgan fingerprint density at radius 3 is 2.77 bits per heavy atom. The first-order valence-corrected chi connectivity index (χ1v) is 8.78. The number of carbonyl (C=O) groups is 2. The van der Waals surface area contributed by atoms with Crippen LogP contribution in [0.5, 0.6) is 0 Å². The quantitative estimate of drug-likeness (QED) is 0.647. The Balaban J connectivity index is 1.76. The first kappa shape index (κ1) is 16.6. The highest BCUT2D eigenvalue weighted by atomic mass is 16.6. The molecule has 1 saturated heterocycles. The maximum absolute atomic E-state index is 13.2. The number of aromatic nitrogens is 1. The monoisotopic (exact) mass is 357 g/mol. The molecule has 8 heteroatoms. The number of carboxylic acid groups (broad SMARTS) is 1. The van der Waals surface area contributed by atoms with Gasteiger partial charge >= 0.3 is 5.97 Å². The maximum atomic E-state index is 13.2. The number of likely N-dealkylation sites (tertiary alicyclic amines) is 1. The van der Waals surface area contributed by atoms with Crippen molar-refractivity contribution in [1.82, 2.24) is 9.88 Å². The van der Waals surface area contributed by atoms with Crippen molar-refractivity contribution < 1.29 is 19.6 Å². The van der Waals surface area contributed by atoms with E-state index < -0.39 is 16.9 Å². The number of carboxylic acids is 1. The number of rotatable bonds is 3. The van der Waals surface area contributed by atoms with E-state index in [-0.39, 0.29) is 23.6 Å². The van der Waals surface area contributed by atoms with Gasteiger partial charge in [0.25, 0.3) is 11.6 Å². The van der Waals surface area contributed by atoms with Gasteiger partial charge in [0.2, 0.25) is 0 Å². The summed E-state index contributed by atoms with van der Waals surface area (Å²) in [5.41, 5.74) is 0.810. The lowest BCUT2D eigenvalue weighted by molar-refractivity contribution is -0.384. The first-order chi connectivity index (χ1) is 12.5. The predicted molar refractivity (Wildman–Crippen MR) is 92.9 cm³/mol. The van der Waals surface area contributed by atoms with Crippen LogP contribution in [0.2, 0.25) is 0 Å². The zero-order valence-electron chi connectivity index (χ0n) is 14.1. The standard InChI is InChI=1S/C18H19N3O5/c22-17(13-9-19-14-6-5-11(21(25)26)8-12(13)14)20-15-4-2-1-3-10(15)7-16(20)18(23)24/h5-6,8-10,15-16,19H,1-4,7H2,(H,23,24). The van der Waals surface area contributed by atoms with Crippen molar-refractivity contribution in [3.8, 4) is 0 Å². The molecule has 1 amide bonds. The smallest absolute Gasteiger partial charge is 0.326 e. The van der Waals surface area contributed by atoms with Crippen LogP contribution in [0.25, 0.3) is 10.9 Å². The average Bonchev–Trinajstić information content (AvgIpc) is 3.22. The second kappa shape index (κ2) is 6.12. The second-order valence-corrected chi connectivity index (χ2v) is 7.10. The van der Waals surface area contributed by atoms with Crippen LogP contribution >= 0.6 is 0 Å². The Bertz CT molecular complexity index is 905. The van der Waals surface area contributed by atoms with Gasteiger partial charge in [0.15, 0.2) is 0 Å². The Morgan fingerprint density at radius 2 is 2.04 bits per heavy atom. The third kappa shape index (κ3) is 2.53. The molecule has 4 rings (SSSR count). The molecule has 2 aliphatic rings. The van der Waals surface area contributed by atoms with E-state index in [0.29, 0.717) is 22.9 Å². The fraction of sp³-hybridized carbons (Fsp3) is 0.444. The molecule has 1 saturated carbocycles. The number of aromatic amines is 1. The van der Waals surface area contributed by atoms with Gasteiger partial charge in [-0.1, -0.05) is 12.8 Å². The first-order valence-electron chi connectivity index (χ1n) is 8.78. The van der Waals surface area contributed by atoms with Crippen LogP contribution in [-0.2, 0) is 4.79 Å². The number of amides is 1. The summed E-state index contributed by atoms with van der Waals surface area (Å²) >= 11 is 0. The summed E-state index contributed by atoms with van der Waals surface area (Å²) in [4.78, 5) is 40.0. The zero-order chi connectivity index (χ0) is 18.4. The maximum Gasteiger partial charge on any atom is 0.326 e. The van der Waals surface area contributed by atoms with Gasteiger partial charge in [-0.25, -0.2) is 4.79 Å². The van der Waals surface area contributed by atoms with E-state index in [9.17, 15) is 24.8 Å². The molecule has 1 aromatic heterocycles. The Labute approximate surface area is 148 Å². The molecule has 26 heavy (non-hydrogen) atoms. The molecule has 0 bridgehead atoms. The average molecular weight is 357 g/mol. The number of nitrogens with zero attached hydrogens (tertiary/aromatic N) is 2. The molecule has 0 radical (unpaired) electrons. The Hall–Kier alpha value is -2.90. The zero-order valence-corrected chi connectivity index (χ0v) is 14.1. The molecule has 1 aromatic carbocycles. The van der Waals surface area contributed by atoms with Crippen molar-refractivity contribution in [3.63, 3.8) is 0 Å². The summed E-state index contributed by atoms with van der Waals surface area (Å²) in [7, 11) is 0. The van der Waals surface area contributed by atoms with Gasteiger partial charge in [0.05, 0.1) is 10.5 Å². The van der Waals surface area contributed by atoms with Gasteiger partial charge in [0.1, 0.15) is 6.04 Å². The van der Waals surface area contributed by atoms with Gasteiger partial charge in [-0.05, 0) is 31.2 Å². The molecule has 1 aliphatic heterocycles. The number of H-pyrrole nitrogens is 1. The highest BCUT2D eigenvalue weighted by Gasteiger charge is 2.48. The van der Waals surface area contributed by atoms with E-state index in [0.717, 1.165) is 25.7 Å². The Kier molecular flexibility index (Phi) is 3.90. The lowest BCUT2D eigenvalue weighted by Gasteiger charge is -2.32. The lowest BCUT2D eigenvalue weighted by Crippen LogP contribution is -2.46. The lowest BCUT2D eigenvalue weighted by atomic mass is 9.84. The van der Waals surface area contributed by atoms with Gasteiger partial charge in [-0.2, -0.15) is 0 Å². The minimum absolute atomic E-state index is 0.0685. The number of nitrogens with one attached hydrogen (secondary N) is 1. The van der Waals surface area contributed by atoms with Crippen molar-refractivity contribution in [2.45, 2.75) is 44.2 Å². The molecule has 1 aliphatic carbocycles. The molecule has 2 aromatic rings. The normalized spacial score (nSPS) is 25.2. The van der Waals surface area contributed by atoms with E-state index in [4.69, 9.17) is 0 Å². The van der Waals surface area contributed by atoms with Crippen molar-refractivity contribution in [3.05, 3.63) is 40.1 Å². The molecule has 3 unspecified atom stereocenters. The van der Waals surface area contributed by atoms with Gasteiger partial charge in [-0.15, -0.1) is 0 Å². The fourth-order valence-corrected chi connectivity index (χ4v) is 4.51. The second-order valence-electron chi connectivity index (χ2n) is 7.10. The summed E-state index contributed by atoms with van der Waals surface area (Å²) in [6.45, 7) is 0. The third-order valence-electron chi connectivity index (χ3n) is 5.71. The summed E-state index contributed by atoms with van der Waals surface area (Å²) in [6.07, 6.45) is 5.80. The van der Waals surface area contributed by atoms with Gasteiger partial charge in [-0.3, -0.25) is 14.9 Å². The largest absolute Gasteiger partial charge is 0.480 e. The van der Waals surface area contributed by atoms with Crippen molar-refractivity contribution in [2.75, 3.05) is 0 Å². The third-order valence-corrected chi connectivity index (χ3v) is 5.71. The van der Waals surface area contributed by atoms with Crippen LogP contribution in [0.15, 0.2) is 24.4 Å². The van der Waals surface area contributed by atoms with Crippen LogP contribution in [0.4, 0.5) is 5.69 Å². The molecular weight excluding hydrogens is 338 g/mol. The summed E-state index contributed by atoms with van der Waals surface area (Å²) in [5.74, 6) is -1.13. The SMILES string of the molecule is O=C(O)C1CC2CCCCC2N1C(=O)c1c[nH]c2ccc([N+](=O)[O-])cc12. The minimum Gasteiger partial charge on any atom is -0.480 e. The van der Waals surface area contributed by atoms with Crippen molar-refractivity contribution in [2.24, 2.45) is 5.92 Å². The van der Waals surface area contributed by atoms with E-state index in [2.05, 4.69) is 4.98 Å². The summed E-state index contributed by atoms with van der Waals surface area (Å²) < 4.78 is 0. The molecule has 136 valence electrons. The molecule has 0 spiro atoms. The topological polar surface area (TPSA) is 117 Å². The highest BCUT2D eigenvalue weighted by Crippen LogP contribution is 2.41. The number of benzene rings is 1. The molecule has 2 fully saturated rings. The molecule has 2 heterocycles. The number of carbonyl (C=O) groups excluding carboxylic acids is 1. The Morgan fingerprint density at radius 1 is 1.27 bits per heavy atom. The van der Waals surface area contributed by atoms with E-state index in [1.54, 1.807) is 6.07 Å². The summed E-state index contributed by atoms with van der Waals surface area (Å²) in [5, 5.41) is 21.1. The van der Waals surface area contributed by atoms with Crippen LogP contribution < -0.4 is 0 Å².